The van der Waals surface area contributed by atoms with Gasteiger partial charge in [0, 0.05) is 0 Å². The van der Waals surface area contributed by atoms with Crippen molar-refractivity contribution in [2.24, 2.45) is 0 Å². The summed E-state index contributed by atoms with van der Waals surface area (Å²) in [5, 5.41) is 32.1. The zero-order valence-electron chi connectivity index (χ0n) is 29.2. The number of nitriles is 1. The van der Waals surface area contributed by atoms with Gasteiger partial charge in [-0.15, -0.1) is 0 Å². The Hall–Kier alpha value is -5.90. The maximum Gasteiger partial charge on any atom is 0.352 e. The lowest BCUT2D eigenvalue weighted by Crippen LogP contribution is -2.46. The quantitative estimate of drug-likeness (QED) is 0.119. The number of carboxylic acids is 1. The van der Waals surface area contributed by atoms with Gasteiger partial charge in [-0.2, -0.15) is 5.26 Å². The molecule has 0 heterocycles. The smallest absolute Gasteiger partial charge is 0.352 e. The average Bonchev–Trinajstić information content (AvgIpc) is 3.12. The molecule has 0 aromatic heterocycles. The van der Waals surface area contributed by atoms with Crippen molar-refractivity contribution in [2.45, 2.75) is 51.1 Å². The Morgan fingerprint density at radius 1 is 0.827 bits per heavy atom. The summed E-state index contributed by atoms with van der Waals surface area (Å²) in [4.78, 5) is 54.5. The van der Waals surface area contributed by atoms with E-state index in [1.807, 2.05) is 25.1 Å². The summed E-state index contributed by atoms with van der Waals surface area (Å²) in [7, 11) is 3.74. The van der Waals surface area contributed by atoms with Gasteiger partial charge in [-0.05, 0) is 113 Å². The van der Waals surface area contributed by atoms with Crippen LogP contribution in [0, 0.1) is 31.0 Å². The van der Waals surface area contributed by atoms with Crippen LogP contribution in [0.15, 0.2) is 91.0 Å². The normalized spacial score (nSPS) is 13.3. The van der Waals surface area contributed by atoms with E-state index in [-0.39, 0.29) is 34.2 Å². The molecule has 0 spiro atoms. The fourth-order valence-corrected chi connectivity index (χ4v) is 5.45. The van der Waals surface area contributed by atoms with Crippen LogP contribution in [-0.4, -0.2) is 71.8 Å². The first-order valence-corrected chi connectivity index (χ1v) is 16.3. The molecule has 52 heavy (non-hydrogen) atoms. The summed E-state index contributed by atoms with van der Waals surface area (Å²) in [6, 6.07) is 23.7. The molecule has 4 aromatic carbocycles. The summed E-state index contributed by atoms with van der Waals surface area (Å²) >= 11 is 0. The first-order chi connectivity index (χ1) is 24.7. The molecular formula is C40H39FN2O9. The average molecular weight is 711 g/mol. The lowest BCUT2D eigenvalue weighted by Gasteiger charge is -2.32. The van der Waals surface area contributed by atoms with E-state index >= 15 is 0 Å². The highest BCUT2D eigenvalue weighted by molar-refractivity contribution is 5.95. The Morgan fingerprint density at radius 3 is 1.87 bits per heavy atom. The summed E-state index contributed by atoms with van der Waals surface area (Å²) in [6.45, 7) is 3.54. The van der Waals surface area contributed by atoms with Gasteiger partial charge < -0.3 is 29.3 Å². The van der Waals surface area contributed by atoms with E-state index in [1.165, 1.54) is 66.7 Å². The zero-order valence-corrected chi connectivity index (χ0v) is 29.2. The van der Waals surface area contributed by atoms with Crippen LogP contribution in [0.4, 0.5) is 4.39 Å². The summed E-state index contributed by atoms with van der Waals surface area (Å²) in [5.41, 5.74) is 0.763. The van der Waals surface area contributed by atoms with Crippen LogP contribution < -0.4 is 0 Å². The molecule has 2 N–H and O–H groups in total. The molecule has 0 radical (unpaired) electrons. The van der Waals surface area contributed by atoms with E-state index < -0.39 is 54.1 Å². The van der Waals surface area contributed by atoms with Crippen molar-refractivity contribution < 1.29 is 48.0 Å². The van der Waals surface area contributed by atoms with Crippen molar-refractivity contribution in [2.75, 3.05) is 20.6 Å². The van der Waals surface area contributed by atoms with Crippen LogP contribution in [0.25, 0.3) is 0 Å². The highest BCUT2D eigenvalue weighted by Gasteiger charge is 2.42. The highest BCUT2D eigenvalue weighted by Crippen LogP contribution is 2.37. The van der Waals surface area contributed by atoms with Gasteiger partial charge in [0.25, 0.3) is 0 Å². The second-order valence-electron chi connectivity index (χ2n) is 12.6. The molecule has 11 nitrogen and oxygen atoms in total. The van der Waals surface area contributed by atoms with E-state index in [0.717, 1.165) is 11.1 Å². The number of rotatable bonds is 15. The molecule has 0 fully saturated rings. The number of carbonyl (C=O) groups is 4. The van der Waals surface area contributed by atoms with Crippen LogP contribution in [0.2, 0.25) is 0 Å². The molecule has 0 saturated heterocycles. The van der Waals surface area contributed by atoms with Gasteiger partial charge in [-0.1, -0.05) is 53.6 Å². The van der Waals surface area contributed by atoms with Crippen LogP contribution in [0.5, 0.6) is 0 Å². The summed E-state index contributed by atoms with van der Waals surface area (Å²) in [6.07, 6.45) is -3.97. The number of benzene rings is 4. The molecule has 12 heteroatoms. The number of halogens is 1. The maximum absolute atomic E-state index is 13.9. The van der Waals surface area contributed by atoms with Crippen LogP contribution in [-0.2, 0) is 36.0 Å². The van der Waals surface area contributed by atoms with Gasteiger partial charge in [-0.3, -0.25) is 0 Å². The van der Waals surface area contributed by atoms with Crippen molar-refractivity contribution in [1.29, 1.82) is 5.26 Å². The van der Waals surface area contributed by atoms with E-state index in [4.69, 9.17) is 14.2 Å². The van der Waals surface area contributed by atoms with E-state index in [9.17, 15) is 39.0 Å². The number of carboxylic acid groups (broad SMARTS) is 1. The van der Waals surface area contributed by atoms with Crippen molar-refractivity contribution in [1.82, 2.24) is 4.90 Å². The summed E-state index contributed by atoms with van der Waals surface area (Å²) in [5.74, 6) is -5.87. The minimum atomic E-state index is -2.33. The molecular weight excluding hydrogens is 671 g/mol. The Balaban J connectivity index is 1.71. The molecule has 4 rings (SSSR count). The molecule has 0 amide bonds. The number of aliphatic hydroxyl groups is 1. The second-order valence-corrected chi connectivity index (χ2v) is 12.6. The SMILES string of the molecule is Cc1ccc(C(=O)O[C@H](C(=O)O)[C@H](OC(=O)c2ccc(C)cc2)C(=O)OCc2cc(C#N)ccc2C(O)(CCCN(C)C)c2ccc(F)cc2)cc1. The second kappa shape index (κ2) is 17.4. The van der Waals surface area contributed by atoms with Gasteiger partial charge in [0.05, 0.1) is 22.8 Å². The molecule has 270 valence electrons. The maximum atomic E-state index is 13.9. The number of aryl methyl sites for hydroxylation is 2. The topological polar surface area (TPSA) is 163 Å². The monoisotopic (exact) mass is 710 g/mol. The number of carbonyl (C=O) groups excluding carboxylic acids is 3. The highest BCUT2D eigenvalue weighted by atomic mass is 19.1. The van der Waals surface area contributed by atoms with Gasteiger partial charge in [0.15, 0.2) is 0 Å². The Morgan fingerprint density at radius 2 is 1.37 bits per heavy atom. The number of nitrogens with zero attached hydrogens (tertiary/aromatic N) is 2. The Labute approximate surface area is 300 Å². The van der Waals surface area contributed by atoms with Crippen LogP contribution in [0.3, 0.4) is 0 Å². The molecule has 0 aliphatic rings. The minimum absolute atomic E-state index is 0.0107. The minimum Gasteiger partial charge on any atom is -0.478 e. The number of ether oxygens (including phenoxy) is 3. The predicted octanol–water partition coefficient (Wildman–Crippen LogP) is 5.47. The lowest BCUT2D eigenvalue weighted by molar-refractivity contribution is -0.171. The number of aliphatic carboxylic acids is 1. The fraction of sp³-hybridized carbons (Fsp3) is 0.275. The predicted molar refractivity (Wildman–Crippen MR) is 187 cm³/mol. The standard InChI is InChI=1S/C40H39FN2O9/c1-25-6-11-28(12-7-25)37(46)51-34(36(44)45)35(52-38(47)29-13-8-26(2)9-14-29)39(48)50-24-30-22-27(23-42)10-19-33(30)40(49,20-5-21-43(3)4)31-15-17-32(41)18-16-31/h6-19,22,34-35,49H,5,20-21,24H2,1-4H3,(H,44,45)/t34-,35-,40?/m0/s1. The van der Waals surface area contributed by atoms with Gasteiger partial charge in [0.1, 0.15) is 18.0 Å². The van der Waals surface area contributed by atoms with Crippen molar-refractivity contribution in [3.8, 4) is 6.07 Å². The fourth-order valence-electron chi connectivity index (χ4n) is 5.45. The first-order valence-electron chi connectivity index (χ1n) is 16.3. The molecule has 0 aliphatic carbocycles. The van der Waals surface area contributed by atoms with Crippen molar-refractivity contribution in [3.05, 3.63) is 141 Å². The van der Waals surface area contributed by atoms with Crippen molar-refractivity contribution >= 4 is 23.9 Å². The lowest BCUT2D eigenvalue weighted by atomic mass is 9.80. The Kier molecular flexibility index (Phi) is 13.0. The van der Waals surface area contributed by atoms with Gasteiger partial charge >= 0.3 is 23.9 Å². The van der Waals surface area contributed by atoms with Crippen LogP contribution >= 0.6 is 0 Å². The molecule has 0 saturated carbocycles. The molecule has 4 aromatic rings. The van der Waals surface area contributed by atoms with E-state index in [1.54, 1.807) is 38.1 Å². The number of hydrogen-bond acceptors (Lipinski definition) is 10. The van der Waals surface area contributed by atoms with E-state index in [2.05, 4.69) is 0 Å². The van der Waals surface area contributed by atoms with E-state index in [0.29, 0.717) is 18.5 Å². The number of esters is 3. The molecule has 0 aliphatic heterocycles. The third kappa shape index (κ3) is 9.87. The third-order valence-corrected chi connectivity index (χ3v) is 8.31. The van der Waals surface area contributed by atoms with Crippen LogP contribution in [0.1, 0.15) is 66.9 Å². The third-order valence-electron chi connectivity index (χ3n) is 8.31. The molecule has 0 bridgehead atoms. The van der Waals surface area contributed by atoms with Gasteiger partial charge in [0.2, 0.25) is 12.2 Å². The van der Waals surface area contributed by atoms with Gasteiger partial charge in [-0.25, -0.2) is 23.6 Å². The zero-order chi connectivity index (χ0) is 38.0. The Bertz CT molecular complexity index is 1940. The molecule has 1 unspecified atom stereocenters. The largest absolute Gasteiger partial charge is 0.478 e. The first kappa shape index (κ1) is 38.9. The number of hydrogen-bond donors (Lipinski definition) is 2. The summed E-state index contributed by atoms with van der Waals surface area (Å²) < 4.78 is 30.1. The van der Waals surface area contributed by atoms with Crippen molar-refractivity contribution in [3.63, 3.8) is 0 Å². The molecule has 3 atom stereocenters.